The van der Waals surface area contributed by atoms with Gasteiger partial charge in [0.15, 0.2) is 0 Å². The fourth-order valence-electron chi connectivity index (χ4n) is 3.13. The number of amides is 1. The first-order valence-electron chi connectivity index (χ1n) is 8.39. The lowest BCUT2D eigenvalue weighted by Gasteiger charge is -2.22. The first kappa shape index (κ1) is 18.5. The number of nitrogens with zero attached hydrogens (tertiary/aromatic N) is 3. The van der Waals surface area contributed by atoms with E-state index in [9.17, 15) is 14.7 Å². The Kier molecular flexibility index (Phi) is 4.82. The van der Waals surface area contributed by atoms with Crippen LogP contribution in [-0.2, 0) is 9.59 Å². The van der Waals surface area contributed by atoms with Crippen LogP contribution in [0.5, 0.6) is 0 Å². The molecule has 1 atom stereocenters. The van der Waals surface area contributed by atoms with Gasteiger partial charge in [-0.25, -0.2) is 0 Å². The van der Waals surface area contributed by atoms with Gasteiger partial charge in [-0.05, 0) is 24.6 Å². The molecule has 0 unspecified atom stereocenters. The van der Waals surface area contributed by atoms with Crippen molar-refractivity contribution < 1.29 is 14.7 Å². The van der Waals surface area contributed by atoms with Gasteiger partial charge in [0.2, 0.25) is 5.13 Å². The maximum absolute atomic E-state index is 12.9. The van der Waals surface area contributed by atoms with Crippen LogP contribution in [0.3, 0.4) is 0 Å². The third kappa shape index (κ3) is 3.14. The molecule has 1 fully saturated rings. The molecule has 0 saturated carbocycles. The van der Waals surface area contributed by atoms with Crippen LogP contribution in [0.15, 0.2) is 64.6 Å². The van der Waals surface area contributed by atoms with E-state index in [0.29, 0.717) is 21.3 Å². The van der Waals surface area contributed by atoms with Crippen molar-refractivity contribution in [2.24, 2.45) is 0 Å². The third-order valence-electron chi connectivity index (χ3n) is 4.40. The number of hydrogen-bond donors (Lipinski definition) is 1. The zero-order chi connectivity index (χ0) is 19.8. The smallest absolute Gasteiger partial charge is 0.301 e. The molecule has 28 heavy (non-hydrogen) atoms. The van der Waals surface area contributed by atoms with Crippen LogP contribution in [0.4, 0.5) is 5.13 Å². The lowest BCUT2D eigenvalue weighted by atomic mass is 9.95. The summed E-state index contributed by atoms with van der Waals surface area (Å²) in [7, 11) is 0. The van der Waals surface area contributed by atoms with Gasteiger partial charge in [-0.15, -0.1) is 10.2 Å². The highest BCUT2D eigenvalue weighted by molar-refractivity contribution is 9.10. The third-order valence-corrected chi connectivity index (χ3v) is 5.77. The summed E-state index contributed by atoms with van der Waals surface area (Å²) in [5.74, 6) is -1.70. The molecule has 6 nitrogen and oxygen atoms in total. The molecular weight excluding hydrogens is 442 g/mol. The fraction of sp³-hybridized carbons (Fsp3) is 0.100. The molecule has 140 valence electrons. The van der Waals surface area contributed by atoms with Crippen LogP contribution in [-0.4, -0.2) is 27.0 Å². The standard InChI is InChI=1S/C20H14BrN3O3S/c1-11-22-23-20(28-11)24-16(12-7-9-14(21)10-8-12)15(18(26)19(24)27)17(25)13-5-3-2-4-6-13/h2-10,16,25H,1H3/t16-/m1/s1. The van der Waals surface area contributed by atoms with Crippen LogP contribution in [0, 0.1) is 6.92 Å². The minimum Gasteiger partial charge on any atom is -0.507 e. The molecule has 2 heterocycles. The van der Waals surface area contributed by atoms with Crippen LogP contribution >= 0.6 is 27.3 Å². The second kappa shape index (κ2) is 7.29. The van der Waals surface area contributed by atoms with E-state index < -0.39 is 17.7 Å². The van der Waals surface area contributed by atoms with Gasteiger partial charge in [0.1, 0.15) is 10.8 Å². The minimum absolute atomic E-state index is 0.0337. The minimum atomic E-state index is -0.791. The molecule has 1 amide bonds. The number of aryl methyl sites for hydroxylation is 1. The highest BCUT2D eigenvalue weighted by Gasteiger charge is 2.48. The zero-order valence-electron chi connectivity index (χ0n) is 14.7. The zero-order valence-corrected chi connectivity index (χ0v) is 17.1. The lowest BCUT2D eigenvalue weighted by Crippen LogP contribution is -2.29. The van der Waals surface area contributed by atoms with Crippen LogP contribution in [0.1, 0.15) is 22.2 Å². The van der Waals surface area contributed by atoms with Crippen molar-refractivity contribution in [3.05, 3.63) is 80.8 Å². The highest BCUT2D eigenvalue weighted by atomic mass is 79.9. The number of aromatic nitrogens is 2. The van der Waals surface area contributed by atoms with Gasteiger partial charge < -0.3 is 5.11 Å². The van der Waals surface area contributed by atoms with Gasteiger partial charge in [0.25, 0.3) is 5.78 Å². The largest absolute Gasteiger partial charge is 0.507 e. The number of aliphatic hydroxyl groups is 1. The molecule has 0 bridgehead atoms. The Hall–Kier alpha value is -2.84. The summed E-state index contributed by atoms with van der Waals surface area (Å²) < 4.78 is 0.864. The second-order valence-electron chi connectivity index (χ2n) is 6.19. The molecule has 0 radical (unpaired) electrons. The van der Waals surface area contributed by atoms with E-state index in [4.69, 9.17) is 0 Å². The van der Waals surface area contributed by atoms with Crippen molar-refractivity contribution >= 4 is 49.8 Å². The quantitative estimate of drug-likeness (QED) is 0.362. The summed E-state index contributed by atoms with van der Waals surface area (Å²) in [6, 6.07) is 15.2. The number of anilines is 1. The number of benzene rings is 2. The van der Waals surface area contributed by atoms with Gasteiger partial charge in [-0.2, -0.15) is 0 Å². The lowest BCUT2D eigenvalue weighted by molar-refractivity contribution is -0.132. The number of halogens is 1. The number of ketones is 1. The molecular formula is C20H14BrN3O3S. The highest BCUT2D eigenvalue weighted by Crippen LogP contribution is 2.43. The Morgan fingerprint density at radius 3 is 2.36 bits per heavy atom. The summed E-state index contributed by atoms with van der Waals surface area (Å²) in [4.78, 5) is 27.1. The summed E-state index contributed by atoms with van der Waals surface area (Å²) in [6.45, 7) is 1.77. The van der Waals surface area contributed by atoms with Gasteiger partial charge >= 0.3 is 5.91 Å². The monoisotopic (exact) mass is 455 g/mol. The Bertz CT molecular complexity index is 1090. The SMILES string of the molecule is Cc1nnc(N2C(=O)C(=O)C(=C(O)c3ccccc3)[C@H]2c2ccc(Br)cc2)s1. The number of aliphatic hydroxyl groups excluding tert-OH is 1. The van der Waals surface area contributed by atoms with Crippen molar-refractivity contribution in [3.8, 4) is 0 Å². The Morgan fingerprint density at radius 1 is 1.07 bits per heavy atom. The van der Waals surface area contributed by atoms with E-state index >= 15 is 0 Å². The summed E-state index contributed by atoms with van der Waals surface area (Å²) in [6.07, 6.45) is 0. The summed E-state index contributed by atoms with van der Waals surface area (Å²) in [5, 5.41) is 19.9. The molecule has 2 aromatic carbocycles. The molecule has 1 aliphatic heterocycles. The van der Waals surface area contributed by atoms with Crippen LogP contribution < -0.4 is 4.90 Å². The fourth-order valence-corrected chi connectivity index (χ4v) is 4.10. The van der Waals surface area contributed by atoms with Gasteiger partial charge in [0.05, 0.1) is 11.6 Å². The van der Waals surface area contributed by atoms with Gasteiger partial charge in [0, 0.05) is 10.0 Å². The predicted molar refractivity (Wildman–Crippen MR) is 110 cm³/mol. The van der Waals surface area contributed by atoms with Crippen LogP contribution in [0.25, 0.3) is 5.76 Å². The molecule has 0 aliphatic carbocycles. The molecule has 3 aromatic rings. The normalized spacial score (nSPS) is 18.6. The Balaban J connectivity index is 1.94. The van der Waals surface area contributed by atoms with E-state index in [-0.39, 0.29) is 11.3 Å². The summed E-state index contributed by atoms with van der Waals surface area (Å²) in [5.41, 5.74) is 1.19. The number of Topliss-reactive ketones (excluding diaryl/α,β-unsaturated/α-hetero) is 1. The Morgan fingerprint density at radius 2 is 1.75 bits per heavy atom. The van der Waals surface area contributed by atoms with E-state index in [2.05, 4.69) is 26.1 Å². The van der Waals surface area contributed by atoms with Crippen molar-refractivity contribution in [1.82, 2.24) is 10.2 Å². The average Bonchev–Trinajstić information content (AvgIpc) is 3.24. The maximum Gasteiger partial charge on any atom is 0.301 e. The van der Waals surface area contributed by atoms with Gasteiger partial charge in [-0.3, -0.25) is 14.5 Å². The molecule has 4 rings (SSSR count). The van der Waals surface area contributed by atoms with Crippen molar-refractivity contribution in [1.29, 1.82) is 0 Å². The predicted octanol–water partition coefficient (Wildman–Crippen LogP) is 4.24. The molecule has 1 saturated heterocycles. The van der Waals surface area contributed by atoms with E-state index in [1.165, 1.54) is 16.2 Å². The molecule has 1 N–H and O–H groups in total. The first-order valence-corrected chi connectivity index (χ1v) is 10.0. The number of carbonyl (C=O) groups excluding carboxylic acids is 2. The second-order valence-corrected chi connectivity index (χ2v) is 8.27. The first-order chi connectivity index (χ1) is 13.5. The maximum atomic E-state index is 12.9. The topological polar surface area (TPSA) is 83.4 Å². The van der Waals surface area contributed by atoms with Crippen molar-refractivity contribution in [2.45, 2.75) is 13.0 Å². The van der Waals surface area contributed by atoms with Gasteiger partial charge in [-0.1, -0.05) is 69.7 Å². The number of rotatable bonds is 3. The Labute approximate surface area is 173 Å². The summed E-state index contributed by atoms with van der Waals surface area (Å²) >= 11 is 4.61. The number of carbonyl (C=O) groups is 2. The van der Waals surface area contributed by atoms with Crippen molar-refractivity contribution in [3.63, 3.8) is 0 Å². The molecule has 1 aliphatic rings. The van der Waals surface area contributed by atoms with Crippen LogP contribution in [0.2, 0.25) is 0 Å². The van der Waals surface area contributed by atoms with E-state index in [1.807, 2.05) is 18.2 Å². The van der Waals surface area contributed by atoms with E-state index in [1.54, 1.807) is 43.3 Å². The van der Waals surface area contributed by atoms with E-state index in [0.717, 1.165) is 4.47 Å². The average molecular weight is 456 g/mol. The molecule has 0 spiro atoms. The number of hydrogen-bond acceptors (Lipinski definition) is 6. The van der Waals surface area contributed by atoms with Crippen molar-refractivity contribution in [2.75, 3.05) is 4.90 Å². The molecule has 1 aromatic heterocycles. The molecule has 8 heteroatoms.